The van der Waals surface area contributed by atoms with Gasteiger partial charge in [0.05, 0.1) is 0 Å². The predicted molar refractivity (Wildman–Crippen MR) is 169 cm³/mol. The number of carbonyl (C=O) groups is 5. The second-order valence-corrected chi connectivity index (χ2v) is 11.0. The number of phenols is 1. The fourth-order valence-corrected chi connectivity index (χ4v) is 4.14. The number of amides is 5. The van der Waals surface area contributed by atoms with Crippen LogP contribution in [-0.4, -0.2) is 95.3 Å². The van der Waals surface area contributed by atoms with Crippen molar-refractivity contribution < 1.29 is 29.1 Å². The molecular formula is C28H47N11O6. The molecule has 0 aliphatic carbocycles. The molecule has 1 aromatic rings. The molecule has 0 aliphatic heterocycles. The van der Waals surface area contributed by atoms with E-state index in [1.165, 1.54) is 44.9 Å². The first-order valence-electron chi connectivity index (χ1n) is 14.3. The zero-order chi connectivity index (χ0) is 34.3. The summed E-state index contributed by atoms with van der Waals surface area (Å²) in [6.45, 7) is 4.62. The molecule has 1 aromatic carbocycles. The molecule has 0 bridgehead atoms. The third-order valence-corrected chi connectivity index (χ3v) is 6.95. The quantitative estimate of drug-likeness (QED) is 0.0455. The van der Waals surface area contributed by atoms with Crippen molar-refractivity contribution in [2.24, 2.45) is 38.7 Å². The van der Waals surface area contributed by atoms with Crippen LogP contribution in [0.5, 0.6) is 5.75 Å². The van der Waals surface area contributed by atoms with Gasteiger partial charge in [-0.05, 0) is 57.2 Å². The zero-order valence-corrected chi connectivity index (χ0v) is 26.2. The number of aliphatic imine (C=N–C) groups is 2. The van der Waals surface area contributed by atoms with Crippen molar-refractivity contribution in [2.45, 2.75) is 76.5 Å². The van der Waals surface area contributed by atoms with Crippen LogP contribution in [0.4, 0.5) is 0 Å². The Hall–Kier alpha value is -5.09. The fraction of sp³-hybridized carbons (Fsp3) is 0.536. The van der Waals surface area contributed by atoms with Crippen LogP contribution in [0.2, 0.25) is 0 Å². The van der Waals surface area contributed by atoms with Crippen molar-refractivity contribution in [2.75, 3.05) is 20.1 Å². The average molecular weight is 634 g/mol. The Kier molecular flexibility index (Phi) is 15.1. The van der Waals surface area contributed by atoms with Crippen molar-refractivity contribution in [3.8, 4) is 5.75 Å². The summed E-state index contributed by atoms with van der Waals surface area (Å²) >= 11 is 0. The zero-order valence-electron chi connectivity index (χ0n) is 26.2. The number of carbonyl (C=O) groups excluding carboxylic acids is 5. The van der Waals surface area contributed by atoms with Gasteiger partial charge in [-0.15, -0.1) is 0 Å². The number of hydrogen-bond donors (Lipinski definition) is 9. The summed E-state index contributed by atoms with van der Waals surface area (Å²) in [5.41, 5.74) is 26.1. The molecule has 250 valence electrons. The highest BCUT2D eigenvalue weighted by Gasteiger charge is 2.40. The van der Waals surface area contributed by atoms with Gasteiger partial charge in [0.1, 0.15) is 29.4 Å². The third kappa shape index (κ3) is 13.4. The molecule has 3 atom stereocenters. The van der Waals surface area contributed by atoms with Gasteiger partial charge in [0.15, 0.2) is 11.9 Å². The van der Waals surface area contributed by atoms with E-state index in [2.05, 4.69) is 25.9 Å². The minimum atomic E-state index is -1.50. The summed E-state index contributed by atoms with van der Waals surface area (Å²) in [5, 5.41) is 17.4. The van der Waals surface area contributed by atoms with Gasteiger partial charge in [0.25, 0.3) is 0 Å². The number of aromatic hydroxyl groups is 1. The van der Waals surface area contributed by atoms with E-state index in [0.717, 1.165) is 0 Å². The lowest BCUT2D eigenvalue weighted by Crippen LogP contribution is -2.62. The van der Waals surface area contributed by atoms with E-state index in [0.29, 0.717) is 12.0 Å². The highest BCUT2D eigenvalue weighted by Crippen LogP contribution is 2.17. The maximum atomic E-state index is 13.6. The standard InChI is InChI=1S/C28H47N11O6/c1-16(40)36-20(8-6-14-35-27(32)33)24(44)39(4)28(2,3)25(45)38-19(7-5-13-34-26(30)31)23(43)37-21(22(29)42)15-17-9-11-18(41)12-10-17/h9-12,19-21,41H,5-8,13-15H2,1-4H3,(H2,29,42)(H,36,40)(H,37,43)(H,38,45)(H4,30,31,34)(H4,32,33,35)/t19-,20-,21-/m0/s1. The molecular weight excluding hydrogens is 586 g/mol. The molecule has 45 heavy (non-hydrogen) atoms. The van der Waals surface area contributed by atoms with E-state index in [-0.39, 0.29) is 56.4 Å². The van der Waals surface area contributed by atoms with Crippen molar-refractivity contribution in [3.05, 3.63) is 29.8 Å². The number of likely N-dealkylation sites (N-methyl/N-ethyl adjacent to an activating group) is 1. The van der Waals surface area contributed by atoms with Crippen molar-refractivity contribution in [1.29, 1.82) is 0 Å². The van der Waals surface area contributed by atoms with Crippen LogP contribution in [-0.2, 0) is 30.4 Å². The SMILES string of the molecule is CC(=O)N[C@@H](CCCN=C(N)N)C(=O)N(C)C(C)(C)C(=O)N[C@@H](CCCN=C(N)N)C(=O)N[C@@H](Cc1ccc(O)cc1)C(N)=O. The molecule has 0 spiro atoms. The van der Waals surface area contributed by atoms with Gasteiger partial charge in [0, 0.05) is 33.5 Å². The van der Waals surface area contributed by atoms with Crippen LogP contribution in [0.1, 0.15) is 52.0 Å². The Labute approximate surface area is 262 Å². The van der Waals surface area contributed by atoms with Gasteiger partial charge >= 0.3 is 0 Å². The van der Waals surface area contributed by atoms with Gasteiger partial charge in [0.2, 0.25) is 29.5 Å². The predicted octanol–water partition coefficient (Wildman–Crippen LogP) is -2.76. The van der Waals surface area contributed by atoms with Gasteiger partial charge in [-0.3, -0.25) is 34.0 Å². The van der Waals surface area contributed by atoms with Crippen molar-refractivity contribution >= 4 is 41.5 Å². The van der Waals surface area contributed by atoms with E-state index in [9.17, 15) is 29.1 Å². The van der Waals surface area contributed by atoms with Gasteiger partial charge in [-0.1, -0.05) is 12.1 Å². The minimum absolute atomic E-state index is 0.0300. The summed E-state index contributed by atoms with van der Waals surface area (Å²) in [5.74, 6) is -3.40. The average Bonchev–Trinajstić information content (AvgIpc) is 2.95. The molecule has 1 rings (SSSR count). The Morgan fingerprint density at radius 2 is 1.33 bits per heavy atom. The smallest absolute Gasteiger partial charge is 0.246 e. The van der Waals surface area contributed by atoms with E-state index in [1.54, 1.807) is 12.1 Å². The molecule has 0 aliphatic rings. The lowest BCUT2D eigenvalue weighted by molar-refractivity contribution is -0.147. The molecule has 0 saturated heterocycles. The van der Waals surface area contributed by atoms with Crippen LogP contribution in [0.15, 0.2) is 34.3 Å². The summed E-state index contributed by atoms with van der Waals surface area (Å²) in [6, 6.07) is 2.76. The maximum Gasteiger partial charge on any atom is 0.246 e. The van der Waals surface area contributed by atoms with E-state index >= 15 is 0 Å². The van der Waals surface area contributed by atoms with Gasteiger partial charge < -0.3 is 54.6 Å². The molecule has 5 amide bonds. The second kappa shape index (κ2) is 17.9. The molecule has 0 unspecified atom stereocenters. The Balaban J connectivity index is 3.15. The highest BCUT2D eigenvalue weighted by molar-refractivity contribution is 5.97. The van der Waals surface area contributed by atoms with Gasteiger partial charge in [-0.2, -0.15) is 0 Å². The van der Waals surface area contributed by atoms with E-state index in [1.807, 2.05) is 0 Å². The van der Waals surface area contributed by atoms with Crippen molar-refractivity contribution in [1.82, 2.24) is 20.9 Å². The molecule has 14 N–H and O–H groups in total. The van der Waals surface area contributed by atoms with Crippen molar-refractivity contribution in [3.63, 3.8) is 0 Å². The molecule has 0 saturated carbocycles. The lowest BCUT2D eigenvalue weighted by atomic mass is 9.98. The summed E-state index contributed by atoms with van der Waals surface area (Å²) in [6.07, 6.45) is 0.963. The van der Waals surface area contributed by atoms with Crippen LogP contribution in [0.25, 0.3) is 0 Å². The highest BCUT2D eigenvalue weighted by atomic mass is 16.3. The van der Waals surface area contributed by atoms with Crippen LogP contribution in [0.3, 0.4) is 0 Å². The number of guanidine groups is 2. The molecule has 17 heteroatoms. The number of hydrogen-bond acceptors (Lipinski definition) is 8. The summed E-state index contributed by atoms with van der Waals surface area (Å²) in [7, 11) is 1.40. The van der Waals surface area contributed by atoms with E-state index < -0.39 is 53.2 Å². The van der Waals surface area contributed by atoms with Crippen LogP contribution < -0.4 is 44.6 Å². The Bertz CT molecular complexity index is 1240. The molecule has 17 nitrogen and oxygen atoms in total. The van der Waals surface area contributed by atoms with Crippen LogP contribution in [0, 0.1) is 0 Å². The molecule has 0 aromatic heterocycles. The number of nitrogens with zero attached hydrogens (tertiary/aromatic N) is 3. The Morgan fingerprint density at radius 1 is 0.822 bits per heavy atom. The topological polar surface area (TPSA) is 300 Å². The third-order valence-electron chi connectivity index (χ3n) is 6.95. The first kappa shape index (κ1) is 37.9. The lowest BCUT2D eigenvalue weighted by Gasteiger charge is -2.37. The number of phenolic OH excluding ortho intramolecular Hbond substituents is 1. The first-order chi connectivity index (χ1) is 20.9. The van der Waals surface area contributed by atoms with Gasteiger partial charge in [-0.25, -0.2) is 0 Å². The molecule has 0 radical (unpaired) electrons. The molecule has 0 fully saturated rings. The number of nitrogens with one attached hydrogen (secondary N) is 3. The Morgan fingerprint density at radius 3 is 1.80 bits per heavy atom. The fourth-order valence-electron chi connectivity index (χ4n) is 4.14. The second-order valence-electron chi connectivity index (χ2n) is 11.0. The number of primary amides is 1. The summed E-state index contributed by atoms with van der Waals surface area (Å²) < 4.78 is 0. The van der Waals surface area contributed by atoms with E-state index in [4.69, 9.17) is 28.7 Å². The maximum absolute atomic E-state index is 13.6. The minimum Gasteiger partial charge on any atom is -0.508 e. The number of benzene rings is 1. The number of nitrogens with two attached hydrogens (primary N) is 5. The normalized spacial score (nSPS) is 12.9. The monoisotopic (exact) mass is 633 g/mol. The largest absolute Gasteiger partial charge is 0.508 e. The van der Waals surface area contributed by atoms with Crippen LogP contribution >= 0.6 is 0 Å². The molecule has 0 heterocycles. The summed E-state index contributed by atoms with van der Waals surface area (Å²) in [4.78, 5) is 73.4. The first-order valence-corrected chi connectivity index (χ1v) is 14.3. The number of rotatable bonds is 18.